The molecule has 0 bridgehead atoms. The molecule has 0 aliphatic heterocycles. The number of carbonyl (C=O) groups excluding carboxylic acids is 2. The van der Waals surface area contributed by atoms with Crippen molar-refractivity contribution in [3.63, 3.8) is 0 Å². The van der Waals surface area contributed by atoms with E-state index in [1.807, 2.05) is 0 Å². The second kappa shape index (κ2) is 9.61. The first kappa shape index (κ1) is 22.3. The largest absolute Gasteiger partial charge is 0.469 e. The van der Waals surface area contributed by atoms with Crippen LogP contribution in [0.2, 0.25) is 0 Å². The molecule has 1 aromatic heterocycles. The highest BCUT2D eigenvalue weighted by molar-refractivity contribution is 7.14. The standard InChI is InChI=1S/C21H18F3N3O3S/c1-30-18(28)10-15-12-31-20(26-15)27-19(29)14-8-6-13(7-9-14)11-25-17-5-3-2-4-16(17)21(22,23)24/h2-9,12,25H,10-11H2,1H3,(H,26,27,29). The van der Waals surface area contributed by atoms with Crippen molar-refractivity contribution < 1.29 is 27.5 Å². The second-order valence-electron chi connectivity index (χ2n) is 6.44. The molecule has 0 radical (unpaired) electrons. The van der Waals surface area contributed by atoms with E-state index >= 15 is 0 Å². The number of para-hydroxylation sites is 1. The molecule has 0 saturated heterocycles. The molecule has 0 aliphatic carbocycles. The van der Waals surface area contributed by atoms with E-state index in [-0.39, 0.29) is 24.6 Å². The number of halogens is 3. The maximum atomic E-state index is 13.1. The van der Waals surface area contributed by atoms with E-state index in [2.05, 4.69) is 20.4 Å². The van der Waals surface area contributed by atoms with Crippen LogP contribution in [0.4, 0.5) is 24.0 Å². The summed E-state index contributed by atoms with van der Waals surface area (Å²) in [5, 5.41) is 7.43. The normalized spacial score (nSPS) is 11.1. The maximum absolute atomic E-state index is 13.1. The summed E-state index contributed by atoms with van der Waals surface area (Å²) >= 11 is 1.18. The van der Waals surface area contributed by atoms with Crippen LogP contribution in [0.3, 0.4) is 0 Å². The fourth-order valence-corrected chi connectivity index (χ4v) is 3.40. The number of anilines is 2. The number of aromatic nitrogens is 1. The Morgan fingerprint density at radius 3 is 2.48 bits per heavy atom. The first-order chi connectivity index (χ1) is 14.8. The number of carbonyl (C=O) groups is 2. The molecule has 0 fully saturated rings. The number of amides is 1. The van der Waals surface area contributed by atoms with Crippen molar-refractivity contribution in [2.24, 2.45) is 0 Å². The molecule has 3 rings (SSSR count). The van der Waals surface area contributed by atoms with E-state index in [4.69, 9.17) is 0 Å². The van der Waals surface area contributed by atoms with Gasteiger partial charge in [-0.3, -0.25) is 14.9 Å². The molecule has 2 aromatic carbocycles. The van der Waals surface area contributed by atoms with Crippen LogP contribution in [0.1, 0.15) is 27.2 Å². The number of hydrogen-bond acceptors (Lipinski definition) is 6. The van der Waals surface area contributed by atoms with Gasteiger partial charge in [0.2, 0.25) is 0 Å². The zero-order chi connectivity index (χ0) is 22.4. The molecule has 162 valence electrons. The minimum atomic E-state index is -4.45. The summed E-state index contributed by atoms with van der Waals surface area (Å²) in [5.41, 5.74) is 0.823. The molecule has 1 amide bonds. The fourth-order valence-electron chi connectivity index (χ4n) is 2.69. The minimum absolute atomic E-state index is 0.0108. The van der Waals surface area contributed by atoms with Gasteiger partial charge in [-0.2, -0.15) is 13.2 Å². The van der Waals surface area contributed by atoms with Gasteiger partial charge in [-0.1, -0.05) is 24.3 Å². The monoisotopic (exact) mass is 449 g/mol. The Balaban J connectivity index is 1.59. The molecule has 1 heterocycles. The third-order valence-electron chi connectivity index (χ3n) is 4.26. The number of nitrogens with zero attached hydrogens (tertiary/aromatic N) is 1. The lowest BCUT2D eigenvalue weighted by molar-refractivity contribution is -0.140. The van der Waals surface area contributed by atoms with Gasteiger partial charge in [-0.05, 0) is 29.8 Å². The van der Waals surface area contributed by atoms with Crippen LogP contribution in [-0.2, 0) is 28.7 Å². The van der Waals surface area contributed by atoms with Crippen LogP contribution < -0.4 is 10.6 Å². The van der Waals surface area contributed by atoms with Gasteiger partial charge in [0.15, 0.2) is 5.13 Å². The number of hydrogen-bond donors (Lipinski definition) is 2. The summed E-state index contributed by atoms with van der Waals surface area (Å²) in [6.45, 7) is 0.165. The van der Waals surface area contributed by atoms with Crippen LogP contribution in [0.15, 0.2) is 53.9 Å². The number of esters is 1. The van der Waals surface area contributed by atoms with Gasteiger partial charge in [-0.25, -0.2) is 4.98 Å². The highest BCUT2D eigenvalue weighted by Crippen LogP contribution is 2.34. The van der Waals surface area contributed by atoms with Crippen LogP contribution >= 0.6 is 11.3 Å². The highest BCUT2D eigenvalue weighted by Gasteiger charge is 2.33. The molecule has 6 nitrogen and oxygen atoms in total. The Labute approximate surface area is 180 Å². The van der Waals surface area contributed by atoms with Gasteiger partial charge in [0.1, 0.15) is 0 Å². The van der Waals surface area contributed by atoms with Gasteiger partial charge in [0.05, 0.1) is 24.8 Å². The summed E-state index contributed by atoms with van der Waals surface area (Å²) < 4.78 is 43.8. The average molecular weight is 449 g/mol. The van der Waals surface area contributed by atoms with Crippen molar-refractivity contribution in [3.8, 4) is 0 Å². The van der Waals surface area contributed by atoms with Crippen molar-refractivity contribution in [2.45, 2.75) is 19.1 Å². The predicted octanol–water partition coefficient (Wildman–Crippen LogP) is 4.74. The van der Waals surface area contributed by atoms with E-state index < -0.39 is 17.7 Å². The lowest BCUT2D eigenvalue weighted by Crippen LogP contribution is -2.13. The molecule has 0 atom stereocenters. The van der Waals surface area contributed by atoms with Crippen LogP contribution in [0.25, 0.3) is 0 Å². The van der Waals surface area contributed by atoms with Crippen molar-refractivity contribution in [2.75, 3.05) is 17.7 Å². The Morgan fingerprint density at radius 1 is 1.10 bits per heavy atom. The molecule has 0 saturated carbocycles. The average Bonchev–Trinajstić information content (AvgIpc) is 3.18. The first-order valence-electron chi connectivity index (χ1n) is 9.08. The fraction of sp³-hybridized carbons (Fsp3) is 0.190. The molecule has 2 N–H and O–H groups in total. The van der Waals surface area contributed by atoms with Crippen molar-refractivity contribution >= 4 is 34.0 Å². The lowest BCUT2D eigenvalue weighted by atomic mass is 10.1. The molecule has 0 unspecified atom stereocenters. The van der Waals surface area contributed by atoms with Crippen molar-refractivity contribution in [3.05, 3.63) is 76.3 Å². The second-order valence-corrected chi connectivity index (χ2v) is 7.30. The quantitative estimate of drug-likeness (QED) is 0.509. The van der Waals surface area contributed by atoms with Crippen LogP contribution in [-0.4, -0.2) is 24.0 Å². The van der Waals surface area contributed by atoms with E-state index in [1.54, 1.807) is 29.6 Å². The highest BCUT2D eigenvalue weighted by atomic mass is 32.1. The zero-order valence-electron chi connectivity index (χ0n) is 16.3. The molecule has 0 spiro atoms. The Hall–Kier alpha value is -3.40. The number of methoxy groups -OCH3 is 1. The molecule has 3 aromatic rings. The third kappa shape index (κ3) is 6.05. The van der Waals surface area contributed by atoms with Gasteiger partial charge < -0.3 is 10.1 Å². The van der Waals surface area contributed by atoms with Crippen molar-refractivity contribution in [1.82, 2.24) is 4.98 Å². The third-order valence-corrected chi connectivity index (χ3v) is 5.06. The summed E-state index contributed by atoms with van der Waals surface area (Å²) in [6.07, 6.45) is -4.43. The molecule has 0 aliphatic rings. The number of thiazole rings is 1. The molecular formula is C21H18F3N3O3S. The lowest BCUT2D eigenvalue weighted by Gasteiger charge is -2.14. The SMILES string of the molecule is COC(=O)Cc1csc(NC(=O)c2ccc(CNc3ccccc3C(F)(F)F)cc2)n1. The molecule has 31 heavy (non-hydrogen) atoms. The Kier molecular flexibility index (Phi) is 6.91. The van der Waals surface area contributed by atoms with Gasteiger partial charge in [0.25, 0.3) is 5.91 Å². The van der Waals surface area contributed by atoms with Gasteiger partial charge in [0, 0.05) is 23.2 Å². The van der Waals surface area contributed by atoms with Crippen molar-refractivity contribution in [1.29, 1.82) is 0 Å². The minimum Gasteiger partial charge on any atom is -0.469 e. The van der Waals surface area contributed by atoms with Gasteiger partial charge in [-0.15, -0.1) is 11.3 Å². The van der Waals surface area contributed by atoms with Crippen LogP contribution in [0, 0.1) is 0 Å². The number of alkyl halides is 3. The summed E-state index contributed by atoms with van der Waals surface area (Å²) in [4.78, 5) is 27.8. The number of ether oxygens (including phenoxy) is 1. The summed E-state index contributed by atoms with van der Waals surface area (Å²) in [5.74, 6) is -0.814. The van der Waals surface area contributed by atoms with Gasteiger partial charge >= 0.3 is 12.1 Å². The number of nitrogens with one attached hydrogen (secondary N) is 2. The smallest absolute Gasteiger partial charge is 0.418 e. The molecule has 10 heteroatoms. The van der Waals surface area contributed by atoms with E-state index in [9.17, 15) is 22.8 Å². The number of benzene rings is 2. The summed E-state index contributed by atoms with van der Waals surface area (Å²) in [7, 11) is 1.28. The predicted molar refractivity (Wildman–Crippen MR) is 111 cm³/mol. The summed E-state index contributed by atoms with van der Waals surface area (Å²) in [6, 6.07) is 11.7. The van der Waals surface area contributed by atoms with E-state index in [0.717, 1.165) is 6.07 Å². The topological polar surface area (TPSA) is 80.3 Å². The van der Waals surface area contributed by atoms with E-state index in [0.29, 0.717) is 22.0 Å². The van der Waals surface area contributed by atoms with E-state index in [1.165, 1.54) is 36.6 Å². The zero-order valence-corrected chi connectivity index (χ0v) is 17.1. The Bertz CT molecular complexity index is 1070. The Morgan fingerprint density at radius 2 is 1.81 bits per heavy atom. The molecular weight excluding hydrogens is 431 g/mol. The number of rotatable bonds is 7. The maximum Gasteiger partial charge on any atom is 0.418 e. The van der Waals surface area contributed by atoms with Crippen LogP contribution in [0.5, 0.6) is 0 Å². The first-order valence-corrected chi connectivity index (χ1v) is 9.96.